The van der Waals surface area contributed by atoms with Gasteiger partial charge in [0.2, 0.25) is 5.88 Å². The molecule has 0 bridgehead atoms. The molecule has 1 unspecified atom stereocenters. The summed E-state index contributed by atoms with van der Waals surface area (Å²) in [5.41, 5.74) is 3.42. The fraction of sp³-hybridized carbons (Fsp3) is 0.320. The monoisotopic (exact) mass is 405 g/mol. The van der Waals surface area contributed by atoms with E-state index in [9.17, 15) is 5.11 Å². The Bertz CT molecular complexity index is 971. The molecule has 2 aromatic carbocycles. The number of rotatable bonds is 8. The number of aryl methyl sites for hydroxylation is 3. The highest BCUT2D eigenvalue weighted by atomic mass is 16.6. The van der Waals surface area contributed by atoms with Gasteiger partial charge in [0, 0.05) is 17.8 Å². The Morgan fingerprint density at radius 2 is 1.70 bits per heavy atom. The average Bonchev–Trinajstić information content (AvgIpc) is 2.77. The van der Waals surface area contributed by atoms with E-state index in [1.54, 1.807) is 6.07 Å². The van der Waals surface area contributed by atoms with Crippen molar-refractivity contribution in [3.05, 3.63) is 77.5 Å². The van der Waals surface area contributed by atoms with Crippen LogP contribution in [0.2, 0.25) is 0 Å². The maximum absolute atomic E-state index is 10.1. The van der Waals surface area contributed by atoms with Crippen LogP contribution in [0.1, 0.15) is 30.2 Å². The Morgan fingerprint density at radius 1 is 0.967 bits per heavy atom. The van der Waals surface area contributed by atoms with Gasteiger partial charge in [0.25, 0.3) is 0 Å². The largest absolute Gasteiger partial charge is 0.508 e. The number of hydrogen-bond acceptors (Lipinski definition) is 5. The summed E-state index contributed by atoms with van der Waals surface area (Å²) in [4.78, 5) is 4.55. The summed E-state index contributed by atoms with van der Waals surface area (Å²) in [6, 6.07) is 19.5. The van der Waals surface area contributed by atoms with Crippen molar-refractivity contribution in [2.45, 2.75) is 38.7 Å². The van der Waals surface area contributed by atoms with Crippen LogP contribution >= 0.6 is 0 Å². The first kappa shape index (κ1) is 20.1. The molecule has 0 saturated heterocycles. The third kappa shape index (κ3) is 5.23. The lowest BCUT2D eigenvalue weighted by Gasteiger charge is -2.26. The molecule has 0 aliphatic carbocycles. The van der Waals surface area contributed by atoms with E-state index in [0.29, 0.717) is 24.8 Å². The van der Waals surface area contributed by atoms with Crippen molar-refractivity contribution < 1.29 is 19.3 Å². The maximum Gasteiger partial charge on any atom is 0.217 e. The fourth-order valence-corrected chi connectivity index (χ4v) is 3.50. The Kier molecular flexibility index (Phi) is 6.38. The second-order valence-electron chi connectivity index (χ2n) is 7.53. The minimum Gasteiger partial charge on any atom is -0.508 e. The minimum atomic E-state index is -0.228. The number of aromatic hydroxyl groups is 1. The van der Waals surface area contributed by atoms with Gasteiger partial charge in [-0.05, 0) is 42.5 Å². The third-order valence-electron chi connectivity index (χ3n) is 5.06. The number of hydrogen-bond donors (Lipinski definition) is 1. The SMILES string of the molecule is CCCc1ccc(CCc2cc(O)cc(OCC3COc4ccccc4O3)n2)cc1. The summed E-state index contributed by atoms with van der Waals surface area (Å²) in [6.07, 6.45) is 3.62. The van der Waals surface area contributed by atoms with Crippen LogP contribution in [0.4, 0.5) is 0 Å². The van der Waals surface area contributed by atoms with Gasteiger partial charge in [-0.2, -0.15) is 0 Å². The van der Waals surface area contributed by atoms with Crippen molar-refractivity contribution in [2.75, 3.05) is 13.2 Å². The lowest BCUT2D eigenvalue weighted by atomic mass is 10.0. The Morgan fingerprint density at radius 3 is 2.47 bits per heavy atom. The van der Waals surface area contributed by atoms with Gasteiger partial charge >= 0.3 is 0 Å². The predicted molar refractivity (Wildman–Crippen MR) is 116 cm³/mol. The second kappa shape index (κ2) is 9.53. The van der Waals surface area contributed by atoms with Gasteiger partial charge in [-0.1, -0.05) is 49.7 Å². The molecule has 1 aliphatic heterocycles. The zero-order valence-corrected chi connectivity index (χ0v) is 17.2. The molecule has 0 amide bonds. The first-order valence-electron chi connectivity index (χ1n) is 10.5. The number of para-hydroxylation sites is 2. The standard InChI is InChI=1S/C25H27NO4/c1-2-5-18-8-10-19(11-9-18)12-13-20-14-21(27)15-25(26-20)29-17-22-16-28-23-6-3-4-7-24(23)30-22/h3-4,6-11,14-15,22H,2,5,12-13,16-17H2,1H3,(H,26,27). The Hall–Kier alpha value is -3.21. The first-order valence-corrected chi connectivity index (χ1v) is 10.5. The van der Waals surface area contributed by atoms with Crippen LogP contribution in [-0.4, -0.2) is 29.4 Å². The van der Waals surface area contributed by atoms with Crippen LogP contribution in [-0.2, 0) is 19.3 Å². The van der Waals surface area contributed by atoms with Crippen molar-refractivity contribution in [1.29, 1.82) is 0 Å². The molecular formula is C25H27NO4. The number of pyridine rings is 1. The van der Waals surface area contributed by atoms with Gasteiger partial charge in [0.05, 0.1) is 0 Å². The van der Waals surface area contributed by atoms with Gasteiger partial charge in [-0.25, -0.2) is 4.98 Å². The number of ether oxygens (including phenoxy) is 3. The van der Waals surface area contributed by atoms with Crippen LogP contribution in [0.5, 0.6) is 23.1 Å². The molecule has 0 fully saturated rings. The third-order valence-corrected chi connectivity index (χ3v) is 5.06. The molecule has 1 aliphatic rings. The van der Waals surface area contributed by atoms with Gasteiger partial charge in [-0.15, -0.1) is 0 Å². The Balaban J connectivity index is 1.33. The van der Waals surface area contributed by atoms with Crippen molar-refractivity contribution in [3.8, 4) is 23.1 Å². The van der Waals surface area contributed by atoms with Crippen molar-refractivity contribution in [3.63, 3.8) is 0 Å². The number of benzene rings is 2. The molecule has 5 nitrogen and oxygen atoms in total. The van der Waals surface area contributed by atoms with Gasteiger partial charge in [0.1, 0.15) is 19.0 Å². The quantitative estimate of drug-likeness (QED) is 0.586. The van der Waals surface area contributed by atoms with Crippen molar-refractivity contribution in [2.24, 2.45) is 0 Å². The highest BCUT2D eigenvalue weighted by molar-refractivity contribution is 5.40. The van der Waals surface area contributed by atoms with E-state index >= 15 is 0 Å². The molecule has 156 valence electrons. The van der Waals surface area contributed by atoms with Crippen LogP contribution in [0.15, 0.2) is 60.7 Å². The normalized spacial score (nSPS) is 15.0. The van der Waals surface area contributed by atoms with E-state index < -0.39 is 0 Å². The smallest absolute Gasteiger partial charge is 0.217 e. The molecular weight excluding hydrogens is 378 g/mol. The molecule has 3 aromatic rings. The molecule has 1 aromatic heterocycles. The predicted octanol–water partition coefficient (Wildman–Crippen LogP) is 4.74. The van der Waals surface area contributed by atoms with E-state index in [1.165, 1.54) is 17.2 Å². The molecule has 1 atom stereocenters. The summed E-state index contributed by atoms with van der Waals surface area (Å²) in [5.74, 6) is 2.01. The highest BCUT2D eigenvalue weighted by Crippen LogP contribution is 2.31. The summed E-state index contributed by atoms with van der Waals surface area (Å²) >= 11 is 0. The average molecular weight is 405 g/mol. The van der Waals surface area contributed by atoms with E-state index in [4.69, 9.17) is 14.2 Å². The lowest BCUT2D eigenvalue weighted by Crippen LogP contribution is -2.34. The Labute approximate surface area is 177 Å². The second-order valence-corrected chi connectivity index (χ2v) is 7.53. The maximum atomic E-state index is 10.1. The van der Waals surface area contributed by atoms with Crippen LogP contribution in [0, 0.1) is 0 Å². The summed E-state index contributed by atoms with van der Waals surface area (Å²) in [7, 11) is 0. The van der Waals surface area contributed by atoms with Crippen LogP contribution in [0.3, 0.4) is 0 Å². The van der Waals surface area contributed by atoms with Crippen molar-refractivity contribution >= 4 is 0 Å². The van der Waals surface area contributed by atoms with Gasteiger partial charge in [0.15, 0.2) is 17.6 Å². The first-order chi connectivity index (χ1) is 14.7. The highest BCUT2D eigenvalue weighted by Gasteiger charge is 2.21. The van der Waals surface area contributed by atoms with E-state index in [2.05, 4.69) is 36.2 Å². The summed E-state index contributed by atoms with van der Waals surface area (Å²) in [6.45, 7) is 2.90. The zero-order chi connectivity index (χ0) is 20.8. The van der Waals surface area contributed by atoms with Crippen LogP contribution in [0.25, 0.3) is 0 Å². The molecule has 1 N–H and O–H groups in total. The van der Waals surface area contributed by atoms with E-state index in [1.807, 2.05) is 24.3 Å². The molecule has 0 radical (unpaired) electrons. The lowest BCUT2D eigenvalue weighted by molar-refractivity contribution is 0.0520. The van der Waals surface area contributed by atoms with Crippen LogP contribution < -0.4 is 14.2 Å². The minimum absolute atomic E-state index is 0.152. The fourth-order valence-electron chi connectivity index (χ4n) is 3.50. The molecule has 0 spiro atoms. The van der Waals surface area contributed by atoms with Crippen molar-refractivity contribution in [1.82, 2.24) is 4.98 Å². The molecule has 4 rings (SSSR count). The number of fused-ring (bicyclic) bond motifs is 1. The molecule has 5 heteroatoms. The number of aromatic nitrogens is 1. The summed E-state index contributed by atoms with van der Waals surface area (Å²) < 4.78 is 17.4. The van der Waals surface area contributed by atoms with E-state index in [0.717, 1.165) is 37.1 Å². The van der Waals surface area contributed by atoms with Gasteiger partial charge in [-0.3, -0.25) is 0 Å². The van der Waals surface area contributed by atoms with E-state index in [-0.39, 0.29) is 11.9 Å². The topological polar surface area (TPSA) is 60.8 Å². The molecule has 2 heterocycles. The molecule has 0 saturated carbocycles. The van der Waals surface area contributed by atoms with Gasteiger partial charge < -0.3 is 19.3 Å². The molecule has 30 heavy (non-hydrogen) atoms. The zero-order valence-electron chi connectivity index (χ0n) is 17.2. The number of nitrogens with zero attached hydrogens (tertiary/aromatic N) is 1. The summed E-state index contributed by atoms with van der Waals surface area (Å²) in [5, 5.41) is 10.1.